The van der Waals surface area contributed by atoms with Gasteiger partial charge in [0.1, 0.15) is 0 Å². The lowest BCUT2D eigenvalue weighted by Gasteiger charge is -2.15. The van der Waals surface area contributed by atoms with Crippen molar-refractivity contribution < 1.29 is 19.1 Å². The van der Waals surface area contributed by atoms with E-state index in [1.54, 1.807) is 54.6 Å². The highest BCUT2D eigenvalue weighted by molar-refractivity contribution is 5.92. The van der Waals surface area contributed by atoms with Crippen molar-refractivity contribution in [2.75, 3.05) is 0 Å². The number of carbonyl (C=O) groups excluding carboxylic acids is 3. The average molecular weight is 326 g/mol. The Bertz CT molecular complexity index is 726. The highest BCUT2D eigenvalue weighted by Crippen LogP contribution is 2.19. The molecule has 2 rings (SSSR count). The standard InChI is InChI=1S/C18H18N2O4/c1-12(21)20-11-13-7-9-15(10-8-13)18(23)24-16(17(19)22)14-5-3-2-4-6-14/h2-10,16H,11H2,1H3,(H2,19,22)(H,20,21). The number of ether oxygens (including phenoxy) is 1. The van der Waals surface area contributed by atoms with Gasteiger partial charge in [0.2, 0.25) is 12.0 Å². The van der Waals surface area contributed by atoms with Crippen molar-refractivity contribution in [1.82, 2.24) is 5.32 Å². The molecular weight excluding hydrogens is 308 g/mol. The summed E-state index contributed by atoms with van der Waals surface area (Å²) in [7, 11) is 0. The molecule has 2 aromatic rings. The fourth-order valence-corrected chi connectivity index (χ4v) is 2.08. The molecule has 0 aliphatic heterocycles. The molecule has 2 amide bonds. The van der Waals surface area contributed by atoms with Crippen molar-refractivity contribution in [3.63, 3.8) is 0 Å². The Morgan fingerprint density at radius 1 is 1.04 bits per heavy atom. The molecule has 0 aromatic heterocycles. The van der Waals surface area contributed by atoms with Crippen LogP contribution in [0.15, 0.2) is 54.6 Å². The van der Waals surface area contributed by atoms with Crippen molar-refractivity contribution in [3.05, 3.63) is 71.3 Å². The number of nitrogens with two attached hydrogens (primary N) is 1. The third-order valence-corrected chi connectivity index (χ3v) is 3.32. The van der Waals surface area contributed by atoms with Gasteiger partial charge in [0, 0.05) is 19.0 Å². The van der Waals surface area contributed by atoms with Gasteiger partial charge in [-0.25, -0.2) is 4.79 Å². The van der Waals surface area contributed by atoms with Gasteiger partial charge in [0.25, 0.3) is 5.91 Å². The lowest BCUT2D eigenvalue weighted by molar-refractivity contribution is -0.127. The molecule has 1 unspecified atom stereocenters. The van der Waals surface area contributed by atoms with Crippen molar-refractivity contribution in [1.29, 1.82) is 0 Å². The minimum Gasteiger partial charge on any atom is -0.444 e. The number of primary amides is 1. The molecule has 3 N–H and O–H groups in total. The number of amides is 2. The second kappa shape index (κ2) is 7.92. The van der Waals surface area contributed by atoms with E-state index in [2.05, 4.69) is 5.32 Å². The fraction of sp³-hybridized carbons (Fsp3) is 0.167. The lowest BCUT2D eigenvalue weighted by atomic mass is 10.1. The summed E-state index contributed by atoms with van der Waals surface area (Å²) in [6.45, 7) is 1.80. The number of hydrogen-bond donors (Lipinski definition) is 2. The Morgan fingerprint density at radius 3 is 2.21 bits per heavy atom. The molecule has 1 atom stereocenters. The summed E-state index contributed by atoms with van der Waals surface area (Å²) in [6, 6.07) is 15.1. The molecule has 0 aliphatic rings. The zero-order valence-electron chi connectivity index (χ0n) is 13.2. The molecule has 0 radical (unpaired) electrons. The number of benzene rings is 2. The molecule has 124 valence electrons. The predicted molar refractivity (Wildman–Crippen MR) is 87.8 cm³/mol. The van der Waals surface area contributed by atoms with Crippen LogP contribution in [0.3, 0.4) is 0 Å². The molecule has 0 saturated heterocycles. The Morgan fingerprint density at radius 2 is 1.67 bits per heavy atom. The van der Waals surface area contributed by atoms with Crippen LogP contribution in [0.5, 0.6) is 0 Å². The first-order valence-corrected chi connectivity index (χ1v) is 7.36. The molecular formula is C18H18N2O4. The Labute approximate surface area is 139 Å². The smallest absolute Gasteiger partial charge is 0.339 e. The van der Waals surface area contributed by atoms with E-state index in [-0.39, 0.29) is 5.91 Å². The van der Waals surface area contributed by atoms with Gasteiger partial charge in [-0.15, -0.1) is 0 Å². The van der Waals surface area contributed by atoms with Crippen LogP contribution in [0.2, 0.25) is 0 Å². The SMILES string of the molecule is CC(=O)NCc1ccc(C(=O)OC(C(N)=O)c2ccccc2)cc1. The molecule has 0 saturated carbocycles. The summed E-state index contributed by atoms with van der Waals surface area (Å²) in [5.74, 6) is -1.52. The van der Waals surface area contributed by atoms with E-state index in [9.17, 15) is 14.4 Å². The van der Waals surface area contributed by atoms with Crippen LogP contribution >= 0.6 is 0 Å². The molecule has 2 aromatic carbocycles. The Hall–Kier alpha value is -3.15. The quantitative estimate of drug-likeness (QED) is 0.789. The van der Waals surface area contributed by atoms with Gasteiger partial charge in [-0.3, -0.25) is 9.59 Å². The predicted octanol–water partition coefficient (Wildman–Crippen LogP) is 1.71. The summed E-state index contributed by atoms with van der Waals surface area (Å²) in [5, 5.41) is 2.66. The van der Waals surface area contributed by atoms with Crippen LogP contribution in [-0.2, 0) is 20.9 Å². The van der Waals surface area contributed by atoms with Gasteiger partial charge >= 0.3 is 5.97 Å². The summed E-state index contributed by atoms with van der Waals surface area (Å²) in [6.07, 6.45) is -1.14. The van der Waals surface area contributed by atoms with E-state index in [0.29, 0.717) is 17.7 Å². The summed E-state index contributed by atoms with van der Waals surface area (Å²) < 4.78 is 5.24. The maximum absolute atomic E-state index is 12.2. The average Bonchev–Trinajstić information content (AvgIpc) is 2.58. The summed E-state index contributed by atoms with van der Waals surface area (Å²) >= 11 is 0. The van der Waals surface area contributed by atoms with Crippen LogP contribution in [0.1, 0.15) is 34.5 Å². The first-order valence-electron chi connectivity index (χ1n) is 7.36. The highest BCUT2D eigenvalue weighted by Gasteiger charge is 2.23. The Kier molecular flexibility index (Phi) is 5.68. The summed E-state index contributed by atoms with van der Waals surface area (Å²) in [5.41, 5.74) is 6.98. The highest BCUT2D eigenvalue weighted by atomic mass is 16.5. The first-order chi connectivity index (χ1) is 11.5. The van der Waals surface area contributed by atoms with Crippen molar-refractivity contribution >= 4 is 17.8 Å². The number of hydrogen-bond acceptors (Lipinski definition) is 4. The van der Waals surface area contributed by atoms with Crippen molar-refractivity contribution in [2.24, 2.45) is 5.73 Å². The van der Waals surface area contributed by atoms with Crippen LogP contribution in [-0.4, -0.2) is 17.8 Å². The molecule has 0 bridgehead atoms. The minimum absolute atomic E-state index is 0.134. The lowest BCUT2D eigenvalue weighted by Crippen LogP contribution is -2.26. The van der Waals surface area contributed by atoms with Gasteiger partial charge in [0.05, 0.1) is 5.56 Å². The van der Waals surface area contributed by atoms with Crippen LogP contribution in [0.25, 0.3) is 0 Å². The zero-order chi connectivity index (χ0) is 17.5. The molecule has 0 heterocycles. The van der Waals surface area contributed by atoms with Gasteiger partial charge in [-0.1, -0.05) is 42.5 Å². The van der Waals surface area contributed by atoms with E-state index in [1.807, 2.05) is 0 Å². The van der Waals surface area contributed by atoms with Gasteiger partial charge < -0.3 is 15.8 Å². The van der Waals surface area contributed by atoms with Gasteiger partial charge in [-0.05, 0) is 17.7 Å². The minimum atomic E-state index is -1.14. The third kappa shape index (κ3) is 4.67. The van der Waals surface area contributed by atoms with E-state index in [4.69, 9.17) is 10.5 Å². The molecule has 0 spiro atoms. The van der Waals surface area contributed by atoms with Crippen molar-refractivity contribution in [2.45, 2.75) is 19.6 Å². The normalized spacial score (nSPS) is 11.4. The second-order valence-corrected chi connectivity index (χ2v) is 5.21. The van der Waals surface area contributed by atoms with E-state index in [1.165, 1.54) is 6.92 Å². The third-order valence-electron chi connectivity index (χ3n) is 3.32. The van der Waals surface area contributed by atoms with E-state index >= 15 is 0 Å². The van der Waals surface area contributed by atoms with Crippen LogP contribution in [0, 0.1) is 0 Å². The molecule has 24 heavy (non-hydrogen) atoms. The van der Waals surface area contributed by atoms with E-state index in [0.717, 1.165) is 5.56 Å². The Balaban J connectivity index is 2.07. The number of esters is 1. The number of rotatable bonds is 6. The van der Waals surface area contributed by atoms with Gasteiger partial charge in [0.15, 0.2) is 0 Å². The maximum Gasteiger partial charge on any atom is 0.339 e. The largest absolute Gasteiger partial charge is 0.444 e. The maximum atomic E-state index is 12.2. The second-order valence-electron chi connectivity index (χ2n) is 5.21. The zero-order valence-corrected chi connectivity index (χ0v) is 13.2. The summed E-state index contributed by atoms with van der Waals surface area (Å²) in [4.78, 5) is 34.7. The first kappa shape index (κ1) is 17.2. The van der Waals surface area contributed by atoms with Crippen LogP contribution in [0.4, 0.5) is 0 Å². The molecule has 0 aliphatic carbocycles. The molecule has 0 fully saturated rings. The monoisotopic (exact) mass is 326 g/mol. The number of nitrogens with one attached hydrogen (secondary N) is 1. The number of carbonyl (C=O) groups is 3. The van der Waals surface area contributed by atoms with Crippen molar-refractivity contribution in [3.8, 4) is 0 Å². The van der Waals surface area contributed by atoms with E-state index < -0.39 is 18.0 Å². The molecule has 6 heteroatoms. The molecule has 6 nitrogen and oxygen atoms in total. The van der Waals surface area contributed by atoms with Crippen LogP contribution < -0.4 is 11.1 Å². The van der Waals surface area contributed by atoms with Gasteiger partial charge in [-0.2, -0.15) is 0 Å². The fourth-order valence-electron chi connectivity index (χ4n) is 2.08. The topological polar surface area (TPSA) is 98.5 Å².